The number of rotatable bonds is 4. The molecule has 166 valence electrons. The Bertz CT molecular complexity index is 1430. The molecule has 0 spiro atoms. The monoisotopic (exact) mass is 444 g/mol. The van der Waals surface area contributed by atoms with E-state index in [1.165, 1.54) is 12.0 Å². The van der Waals surface area contributed by atoms with Crippen molar-refractivity contribution in [1.82, 2.24) is 9.97 Å². The highest BCUT2D eigenvalue weighted by atomic mass is 16.5. The van der Waals surface area contributed by atoms with Crippen molar-refractivity contribution in [2.24, 2.45) is 0 Å². The summed E-state index contributed by atoms with van der Waals surface area (Å²) in [6.45, 7) is 1.85. The molecule has 0 fully saturated rings. The van der Waals surface area contributed by atoms with E-state index >= 15 is 0 Å². The van der Waals surface area contributed by atoms with Gasteiger partial charge in [0, 0.05) is 22.8 Å². The molecule has 0 aliphatic carbocycles. The molecule has 33 heavy (non-hydrogen) atoms. The van der Waals surface area contributed by atoms with E-state index in [-0.39, 0.29) is 11.9 Å². The van der Waals surface area contributed by atoms with E-state index in [2.05, 4.69) is 15.3 Å². The smallest absolute Gasteiger partial charge is 0.411 e. The summed E-state index contributed by atoms with van der Waals surface area (Å²) in [6, 6.07) is 17.2. The number of hydrogen-bond donors (Lipinski definition) is 4. The lowest BCUT2D eigenvalue weighted by molar-refractivity contribution is 0.0703. The van der Waals surface area contributed by atoms with Crippen LogP contribution in [-0.4, -0.2) is 39.3 Å². The van der Waals surface area contributed by atoms with Crippen LogP contribution < -0.4 is 15.0 Å². The van der Waals surface area contributed by atoms with E-state index in [1.54, 1.807) is 54.6 Å². The first-order chi connectivity index (χ1) is 15.8. The summed E-state index contributed by atoms with van der Waals surface area (Å²) in [7, 11) is 1.54. The average molecular weight is 444 g/mol. The Morgan fingerprint density at radius 1 is 1.15 bits per heavy atom. The lowest BCUT2D eigenvalue weighted by Crippen LogP contribution is -2.45. The van der Waals surface area contributed by atoms with Crippen LogP contribution in [0.4, 0.5) is 16.4 Å². The minimum absolute atomic E-state index is 0.0602. The Balaban J connectivity index is 1.73. The fourth-order valence-corrected chi connectivity index (χ4v) is 4.27. The quantitative estimate of drug-likeness (QED) is 0.379. The largest absolute Gasteiger partial charge is 0.497 e. The number of imidazole rings is 1. The van der Waals surface area contributed by atoms with Crippen molar-refractivity contribution < 1.29 is 24.5 Å². The van der Waals surface area contributed by atoms with Gasteiger partial charge in [0.15, 0.2) is 5.72 Å². The Morgan fingerprint density at radius 3 is 2.70 bits per heavy atom. The van der Waals surface area contributed by atoms with Gasteiger partial charge in [0.1, 0.15) is 5.75 Å². The Labute approximate surface area is 188 Å². The summed E-state index contributed by atoms with van der Waals surface area (Å²) in [4.78, 5) is 33.0. The number of fused-ring (bicyclic) bond motifs is 2. The number of aliphatic hydroxyl groups is 1. The number of anilines is 2. The van der Waals surface area contributed by atoms with Crippen LogP contribution in [-0.2, 0) is 5.72 Å². The number of nitrogens with zero attached hydrogens (tertiary/aromatic N) is 2. The highest BCUT2D eigenvalue weighted by Crippen LogP contribution is 2.46. The third-order valence-electron chi connectivity index (χ3n) is 5.83. The minimum Gasteiger partial charge on any atom is -0.497 e. The minimum atomic E-state index is -1.81. The molecular formula is C24H20N4O5. The van der Waals surface area contributed by atoms with Gasteiger partial charge in [-0.15, -0.1) is 0 Å². The molecule has 1 aromatic heterocycles. The van der Waals surface area contributed by atoms with E-state index < -0.39 is 11.8 Å². The summed E-state index contributed by atoms with van der Waals surface area (Å²) in [5.41, 5.74) is 1.74. The van der Waals surface area contributed by atoms with Gasteiger partial charge in [0.2, 0.25) is 5.95 Å². The Morgan fingerprint density at radius 2 is 1.94 bits per heavy atom. The van der Waals surface area contributed by atoms with Crippen molar-refractivity contribution in [3.63, 3.8) is 0 Å². The fourth-order valence-electron chi connectivity index (χ4n) is 4.27. The van der Waals surface area contributed by atoms with Crippen LogP contribution in [0.2, 0.25) is 0 Å². The van der Waals surface area contributed by atoms with Gasteiger partial charge < -0.3 is 19.9 Å². The first-order valence-electron chi connectivity index (χ1n) is 10.1. The number of carboxylic acid groups (broad SMARTS) is 1. The number of hydrogen-bond acceptors (Lipinski definition) is 5. The first kappa shape index (κ1) is 20.5. The summed E-state index contributed by atoms with van der Waals surface area (Å²) in [5, 5.41) is 23.4. The summed E-state index contributed by atoms with van der Waals surface area (Å²) in [6.07, 6.45) is -1.25. The molecule has 9 nitrogen and oxygen atoms in total. The molecule has 0 saturated heterocycles. The van der Waals surface area contributed by atoms with Crippen molar-refractivity contribution in [2.45, 2.75) is 12.6 Å². The molecule has 1 aliphatic heterocycles. The second-order valence-electron chi connectivity index (χ2n) is 7.76. The van der Waals surface area contributed by atoms with E-state index in [1.807, 2.05) is 13.0 Å². The zero-order valence-corrected chi connectivity index (χ0v) is 17.8. The number of nitrogens with one attached hydrogen (secondary N) is 2. The number of methoxy groups -OCH3 is 1. The Hall–Kier alpha value is -4.37. The molecule has 1 atom stereocenters. The van der Waals surface area contributed by atoms with Crippen molar-refractivity contribution in [3.05, 3.63) is 82.9 Å². The third kappa shape index (κ3) is 3.09. The van der Waals surface area contributed by atoms with Crippen LogP contribution in [0.1, 0.15) is 27.0 Å². The second kappa shape index (κ2) is 7.35. The number of carbonyl (C=O) groups excluding carboxylic acids is 1. The number of aromatic amines is 1. The highest BCUT2D eigenvalue weighted by Gasteiger charge is 2.51. The van der Waals surface area contributed by atoms with Gasteiger partial charge in [0.25, 0.3) is 5.91 Å². The molecule has 0 bridgehead atoms. The SMILES string of the molecule is COc1ccc(C)c(N2C(=O)c3ccccc3C2(O)c2ccc3nc(NC(=O)O)[nH]c3c2)c1. The standard InChI is InChI=1S/C24H20N4O5/c1-13-7-9-15(33-2)12-20(13)28-21(29)16-5-3-4-6-17(16)24(28,32)14-8-10-18-19(11-14)26-22(25-18)27-23(30)31/h3-12,32H,1-2H3,(H,30,31)(H2,25,26,27). The molecule has 2 amide bonds. The summed E-state index contributed by atoms with van der Waals surface area (Å²) >= 11 is 0. The van der Waals surface area contributed by atoms with Crippen LogP contribution in [0.25, 0.3) is 11.0 Å². The molecule has 4 aromatic rings. The maximum absolute atomic E-state index is 13.6. The molecular weight excluding hydrogens is 424 g/mol. The number of amides is 2. The molecule has 1 aliphatic rings. The molecule has 9 heteroatoms. The maximum atomic E-state index is 13.6. The molecule has 0 saturated carbocycles. The van der Waals surface area contributed by atoms with Crippen molar-refractivity contribution >= 4 is 34.7 Å². The second-order valence-corrected chi connectivity index (χ2v) is 7.76. The van der Waals surface area contributed by atoms with Gasteiger partial charge in [-0.3, -0.25) is 15.0 Å². The molecule has 1 unspecified atom stereocenters. The predicted octanol–water partition coefficient (Wildman–Crippen LogP) is 3.82. The normalized spacial score (nSPS) is 17.3. The number of ether oxygens (including phenoxy) is 1. The number of carbonyl (C=O) groups is 2. The summed E-state index contributed by atoms with van der Waals surface area (Å²) in [5.74, 6) is 0.266. The van der Waals surface area contributed by atoms with E-state index in [4.69, 9.17) is 9.84 Å². The van der Waals surface area contributed by atoms with Crippen LogP contribution in [0.15, 0.2) is 60.7 Å². The number of aryl methyl sites for hydroxylation is 1. The van der Waals surface area contributed by atoms with Gasteiger partial charge in [-0.05, 0) is 36.8 Å². The van der Waals surface area contributed by atoms with Gasteiger partial charge >= 0.3 is 6.09 Å². The van der Waals surface area contributed by atoms with Crippen molar-refractivity contribution in [2.75, 3.05) is 17.3 Å². The fraction of sp³-hybridized carbons (Fsp3) is 0.125. The molecule has 2 heterocycles. The zero-order chi connectivity index (χ0) is 23.3. The van der Waals surface area contributed by atoms with Crippen LogP contribution in [0.5, 0.6) is 5.75 Å². The first-order valence-corrected chi connectivity index (χ1v) is 10.1. The van der Waals surface area contributed by atoms with Gasteiger partial charge in [0.05, 0.1) is 23.8 Å². The van der Waals surface area contributed by atoms with Crippen LogP contribution >= 0.6 is 0 Å². The summed E-state index contributed by atoms with van der Waals surface area (Å²) < 4.78 is 5.36. The maximum Gasteiger partial charge on any atom is 0.411 e. The van der Waals surface area contributed by atoms with E-state index in [0.717, 1.165) is 5.56 Å². The third-order valence-corrected chi connectivity index (χ3v) is 5.83. The lowest BCUT2D eigenvalue weighted by Gasteiger charge is -2.35. The highest BCUT2D eigenvalue weighted by molar-refractivity contribution is 6.13. The predicted molar refractivity (Wildman–Crippen MR) is 122 cm³/mol. The van der Waals surface area contributed by atoms with E-state index in [0.29, 0.717) is 39.2 Å². The van der Waals surface area contributed by atoms with Gasteiger partial charge in [-0.25, -0.2) is 9.78 Å². The number of H-pyrrole nitrogens is 1. The Kier molecular flexibility index (Phi) is 4.57. The van der Waals surface area contributed by atoms with Crippen molar-refractivity contribution in [1.29, 1.82) is 0 Å². The molecule has 0 radical (unpaired) electrons. The molecule has 5 rings (SSSR count). The van der Waals surface area contributed by atoms with Gasteiger partial charge in [-0.2, -0.15) is 0 Å². The molecule has 3 aromatic carbocycles. The van der Waals surface area contributed by atoms with E-state index in [9.17, 15) is 14.7 Å². The topological polar surface area (TPSA) is 128 Å². The number of benzene rings is 3. The van der Waals surface area contributed by atoms with Crippen LogP contribution in [0, 0.1) is 6.92 Å². The zero-order valence-electron chi connectivity index (χ0n) is 17.8. The average Bonchev–Trinajstić information content (AvgIpc) is 3.30. The van der Waals surface area contributed by atoms with Gasteiger partial charge in [-0.1, -0.05) is 30.3 Å². The van der Waals surface area contributed by atoms with Crippen LogP contribution in [0.3, 0.4) is 0 Å². The van der Waals surface area contributed by atoms with Crippen molar-refractivity contribution in [3.8, 4) is 5.75 Å². The number of aromatic nitrogens is 2. The molecule has 4 N–H and O–H groups in total. The lowest BCUT2D eigenvalue weighted by atomic mass is 9.93.